The van der Waals surface area contributed by atoms with Gasteiger partial charge in [0.05, 0.1) is 0 Å². The number of unbranched alkanes of at least 4 members (excludes halogenated alkanes) is 1. The summed E-state index contributed by atoms with van der Waals surface area (Å²) in [5.74, 6) is 0.743. The number of aromatic nitrogens is 1. The molecule has 5 nitrogen and oxygen atoms in total. The van der Waals surface area contributed by atoms with Gasteiger partial charge in [-0.15, -0.1) is 0 Å². The molecule has 21 heavy (non-hydrogen) atoms. The van der Waals surface area contributed by atoms with E-state index in [0.717, 1.165) is 22.6 Å². The Morgan fingerprint density at radius 1 is 1.38 bits per heavy atom. The molecule has 2 amide bonds. The van der Waals surface area contributed by atoms with Gasteiger partial charge in [-0.25, -0.2) is 0 Å². The lowest BCUT2D eigenvalue weighted by molar-refractivity contribution is -0.122. The summed E-state index contributed by atoms with van der Waals surface area (Å²) in [6.07, 6.45) is 6.48. The number of nitrogens with one attached hydrogen (secondary N) is 3. The van der Waals surface area contributed by atoms with Gasteiger partial charge in [0.25, 0.3) is 5.91 Å². The second kappa shape index (κ2) is 8.75. The van der Waals surface area contributed by atoms with Crippen molar-refractivity contribution in [2.24, 2.45) is 0 Å². The molecule has 116 valence electrons. The first-order valence-corrected chi connectivity index (χ1v) is 10.0. The summed E-state index contributed by atoms with van der Waals surface area (Å²) in [6.45, 7) is 0. The SMILES string of the molecule is O=C(CCCCC1CCSS1)NNC(=O)c1cc(Br)c[nH]1. The van der Waals surface area contributed by atoms with Crippen molar-refractivity contribution in [3.63, 3.8) is 0 Å². The van der Waals surface area contributed by atoms with Crippen LogP contribution in [-0.4, -0.2) is 27.8 Å². The van der Waals surface area contributed by atoms with Crippen LogP contribution in [0.1, 0.15) is 42.6 Å². The van der Waals surface area contributed by atoms with Crippen molar-refractivity contribution in [1.82, 2.24) is 15.8 Å². The molecule has 1 aromatic heterocycles. The molecule has 2 rings (SSSR count). The van der Waals surface area contributed by atoms with Crippen molar-refractivity contribution in [3.05, 3.63) is 22.4 Å². The van der Waals surface area contributed by atoms with Crippen LogP contribution in [0.3, 0.4) is 0 Å². The normalized spacial score (nSPS) is 17.7. The maximum atomic E-state index is 11.7. The molecule has 0 saturated carbocycles. The summed E-state index contributed by atoms with van der Waals surface area (Å²) >= 11 is 3.25. The summed E-state index contributed by atoms with van der Waals surface area (Å²) in [5, 5.41) is 0.754. The third kappa shape index (κ3) is 5.96. The largest absolute Gasteiger partial charge is 0.356 e. The summed E-state index contributed by atoms with van der Waals surface area (Å²) in [7, 11) is 3.91. The van der Waals surface area contributed by atoms with Crippen LogP contribution >= 0.6 is 37.5 Å². The number of hydrazine groups is 1. The minimum Gasteiger partial charge on any atom is -0.356 e. The third-order valence-electron chi connectivity index (χ3n) is 3.12. The van der Waals surface area contributed by atoms with Gasteiger partial charge in [-0.3, -0.25) is 20.4 Å². The number of hydrogen-bond donors (Lipinski definition) is 3. The highest BCUT2D eigenvalue weighted by Crippen LogP contribution is 2.39. The number of carbonyl (C=O) groups is 2. The van der Waals surface area contributed by atoms with Gasteiger partial charge in [-0.2, -0.15) is 0 Å². The van der Waals surface area contributed by atoms with E-state index in [1.807, 2.05) is 21.6 Å². The summed E-state index contributed by atoms with van der Waals surface area (Å²) < 4.78 is 0.793. The zero-order valence-electron chi connectivity index (χ0n) is 11.5. The van der Waals surface area contributed by atoms with Crippen LogP contribution in [0.15, 0.2) is 16.7 Å². The lowest BCUT2D eigenvalue weighted by Crippen LogP contribution is -2.41. The molecule has 0 aliphatic carbocycles. The Morgan fingerprint density at radius 2 is 2.24 bits per heavy atom. The molecule has 2 heterocycles. The molecule has 8 heteroatoms. The Balaban J connectivity index is 1.55. The highest BCUT2D eigenvalue weighted by Gasteiger charge is 2.16. The van der Waals surface area contributed by atoms with E-state index in [1.54, 1.807) is 12.3 Å². The van der Waals surface area contributed by atoms with E-state index >= 15 is 0 Å². The topological polar surface area (TPSA) is 74.0 Å². The lowest BCUT2D eigenvalue weighted by Gasteiger charge is -2.08. The number of rotatable bonds is 6. The standard InChI is InChI=1S/C13H18BrN3O2S2/c14-9-7-11(15-8-9)13(19)17-16-12(18)4-2-1-3-10-5-6-20-21-10/h7-8,10,15H,1-6H2,(H,16,18)(H,17,19). The van der Waals surface area contributed by atoms with Gasteiger partial charge in [0.2, 0.25) is 5.91 Å². The van der Waals surface area contributed by atoms with Gasteiger partial charge in [0.1, 0.15) is 5.69 Å². The van der Waals surface area contributed by atoms with Gasteiger partial charge in [0, 0.05) is 28.1 Å². The molecular formula is C13H18BrN3O2S2. The fourth-order valence-corrected chi connectivity index (χ4v) is 5.35. The summed E-state index contributed by atoms with van der Waals surface area (Å²) in [6, 6.07) is 1.65. The Morgan fingerprint density at radius 3 is 2.90 bits per heavy atom. The number of amides is 2. The quantitative estimate of drug-likeness (QED) is 0.395. The minimum absolute atomic E-state index is 0.151. The van der Waals surface area contributed by atoms with Gasteiger partial charge >= 0.3 is 0 Å². The summed E-state index contributed by atoms with van der Waals surface area (Å²) in [4.78, 5) is 26.1. The Kier molecular flexibility index (Phi) is 6.98. The molecule has 1 aliphatic rings. The van der Waals surface area contributed by atoms with Gasteiger partial charge < -0.3 is 4.98 Å². The van der Waals surface area contributed by atoms with Gasteiger partial charge in [-0.1, -0.05) is 28.0 Å². The van der Waals surface area contributed by atoms with E-state index in [4.69, 9.17) is 0 Å². The van der Waals surface area contributed by atoms with Crippen molar-refractivity contribution in [2.45, 2.75) is 37.4 Å². The average Bonchev–Trinajstić information content (AvgIpc) is 3.12. The zero-order chi connectivity index (χ0) is 15.1. The first-order valence-electron chi connectivity index (χ1n) is 6.86. The minimum atomic E-state index is -0.353. The van der Waals surface area contributed by atoms with Gasteiger partial charge in [-0.05, 0) is 41.3 Å². The molecule has 0 spiro atoms. The molecule has 1 aromatic rings. The van der Waals surface area contributed by atoms with Crippen LogP contribution in [0.2, 0.25) is 0 Å². The first-order chi connectivity index (χ1) is 10.1. The number of halogens is 1. The number of H-pyrrole nitrogens is 1. The first kappa shape index (κ1) is 16.8. The van der Waals surface area contributed by atoms with Crippen LogP contribution in [-0.2, 0) is 4.79 Å². The van der Waals surface area contributed by atoms with Crippen LogP contribution < -0.4 is 10.9 Å². The van der Waals surface area contributed by atoms with Crippen molar-refractivity contribution in [3.8, 4) is 0 Å². The van der Waals surface area contributed by atoms with Gasteiger partial charge in [0.15, 0.2) is 0 Å². The molecule has 0 bridgehead atoms. The zero-order valence-corrected chi connectivity index (χ0v) is 14.7. The summed E-state index contributed by atoms with van der Waals surface area (Å²) in [5.41, 5.74) is 5.23. The highest BCUT2D eigenvalue weighted by molar-refractivity contribution is 9.10. The molecule has 1 unspecified atom stereocenters. The van der Waals surface area contributed by atoms with E-state index in [1.165, 1.54) is 18.6 Å². The predicted molar refractivity (Wildman–Crippen MR) is 91.0 cm³/mol. The smallest absolute Gasteiger partial charge is 0.286 e. The van der Waals surface area contributed by atoms with E-state index < -0.39 is 0 Å². The lowest BCUT2D eigenvalue weighted by atomic mass is 10.1. The fourth-order valence-electron chi connectivity index (χ4n) is 1.98. The van der Waals surface area contributed by atoms with Crippen molar-refractivity contribution < 1.29 is 9.59 Å². The Labute approximate surface area is 140 Å². The predicted octanol–water partition coefficient (Wildman–Crippen LogP) is 3.25. The average molecular weight is 392 g/mol. The van der Waals surface area contributed by atoms with E-state index in [-0.39, 0.29) is 11.8 Å². The maximum absolute atomic E-state index is 11.7. The molecular weight excluding hydrogens is 374 g/mol. The maximum Gasteiger partial charge on any atom is 0.286 e. The van der Waals surface area contributed by atoms with Crippen molar-refractivity contribution in [1.29, 1.82) is 0 Å². The van der Waals surface area contributed by atoms with E-state index in [2.05, 4.69) is 31.8 Å². The van der Waals surface area contributed by atoms with Crippen LogP contribution in [0, 0.1) is 0 Å². The monoisotopic (exact) mass is 391 g/mol. The molecule has 1 aliphatic heterocycles. The fraction of sp³-hybridized carbons (Fsp3) is 0.538. The Hall–Kier alpha value is -0.600. The Bertz CT molecular complexity index is 490. The molecule has 1 fully saturated rings. The number of hydrogen-bond acceptors (Lipinski definition) is 4. The molecule has 1 atom stereocenters. The van der Waals surface area contributed by atoms with Crippen LogP contribution in [0.5, 0.6) is 0 Å². The van der Waals surface area contributed by atoms with Crippen molar-refractivity contribution >= 4 is 49.3 Å². The molecule has 1 saturated heterocycles. The third-order valence-corrected chi connectivity index (χ3v) is 6.58. The van der Waals surface area contributed by atoms with Crippen LogP contribution in [0.4, 0.5) is 0 Å². The van der Waals surface area contributed by atoms with E-state index in [9.17, 15) is 9.59 Å². The van der Waals surface area contributed by atoms with E-state index in [0.29, 0.717) is 12.1 Å². The molecule has 3 N–H and O–H groups in total. The molecule has 0 aromatic carbocycles. The van der Waals surface area contributed by atoms with Crippen LogP contribution in [0.25, 0.3) is 0 Å². The second-order valence-electron chi connectivity index (χ2n) is 4.81. The highest BCUT2D eigenvalue weighted by atomic mass is 79.9. The van der Waals surface area contributed by atoms with Crippen molar-refractivity contribution in [2.75, 3.05) is 5.75 Å². The molecule has 0 radical (unpaired) electrons. The number of aromatic amines is 1. The second-order valence-corrected chi connectivity index (χ2v) is 8.51. The number of carbonyl (C=O) groups excluding carboxylic acids is 2.